The van der Waals surface area contributed by atoms with Crippen molar-refractivity contribution in [2.24, 2.45) is 0 Å². The van der Waals surface area contributed by atoms with Crippen molar-refractivity contribution in [3.63, 3.8) is 0 Å². The molecule has 0 aliphatic carbocycles. The van der Waals surface area contributed by atoms with E-state index in [2.05, 4.69) is 40.7 Å². The SMILES string of the molecule is COc1ccc(Cn2c(Sc3ccccc3C)nc3c(N)nccc32)cc1. The van der Waals surface area contributed by atoms with Gasteiger partial charge in [0.15, 0.2) is 11.0 Å². The Morgan fingerprint density at radius 2 is 1.85 bits per heavy atom. The Bertz CT molecular complexity index is 1090. The minimum absolute atomic E-state index is 0.451. The van der Waals surface area contributed by atoms with Crippen LogP contribution in [0.5, 0.6) is 5.75 Å². The smallest absolute Gasteiger partial charge is 0.174 e. The predicted molar refractivity (Wildman–Crippen MR) is 109 cm³/mol. The van der Waals surface area contributed by atoms with E-state index in [1.165, 1.54) is 10.5 Å². The van der Waals surface area contributed by atoms with Gasteiger partial charge in [-0.1, -0.05) is 42.1 Å². The van der Waals surface area contributed by atoms with E-state index in [1.807, 2.05) is 30.3 Å². The quantitative estimate of drug-likeness (QED) is 0.554. The number of nitrogens with zero attached hydrogens (tertiary/aromatic N) is 3. The summed E-state index contributed by atoms with van der Waals surface area (Å²) in [6.45, 7) is 2.80. The highest BCUT2D eigenvalue weighted by Gasteiger charge is 2.15. The fourth-order valence-electron chi connectivity index (χ4n) is 2.96. The second-order valence-electron chi connectivity index (χ2n) is 6.26. The van der Waals surface area contributed by atoms with Gasteiger partial charge >= 0.3 is 0 Å². The maximum atomic E-state index is 6.08. The average Bonchev–Trinajstić information content (AvgIpc) is 3.03. The Labute approximate surface area is 162 Å². The molecule has 0 atom stereocenters. The summed E-state index contributed by atoms with van der Waals surface area (Å²) in [7, 11) is 1.67. The molecule has 5 nitrogen and oxygen atoms in total. The number of methoxy groups -OCH3 is 1. The van der Waals surface area contributed by atoms with Crippen molar-refractivity contribution in [3.8, 4) is 5.75 Å². The number of aromatic nitrogens is 3. The molecule has 136 valence electrons. The second kappa shape index (κ2) is 7.32. The van der Waals surface area contributed by atoms with Crippen LogP contribution in [0.4, 0.5) is 5.82 Å². The van der Waals surface area contributed by atoms with Gasteiger partial charge in [0.1, 0.15) is 11.3 Å². The number of rotatable bonds is 5. The largest absolute Gasteiger partial charge is 0.497 e. The van der Waals surface area contributed by atoms with Gasteiger partial charge < -0.3 is 15.0 Å². The Kier molecular flexibility index (Phi) is 4.73. The van der Waals surface area contributed by atoms with Gasteiger partial charge in [-0.3, -0.25) is 0 Å². The molecule has 0 amide bonds. The van der Waals surface area contributed by atoms with E-state index in [4.69, 9.17) is 15.5 Å². The van der Waals surface area contributed by atoms with E-state index in [0.717, 1.165) is 27.5 Å². The number of aryl methyl sites for hydroxylation is 1. The van der Waals surface area contributed by atoms with Crippen molar-refractivity contribution < 1.29 is 4.74 Å². The van der Waals surface area contributed by atoms with Crippen molar-refractivity contribution in [3.05, 3.63) is 71.9 Å². The minimum Gasteiger partial charge on any atom is -0.497 e. The lowest BCUT2D eigenvalue weighted by atomic mass is 10.2. The third-order valence-electron chi connectivity index (χ3n) is 4.45. The minimum atomic E-state index is 0.451. The summed E-state index contributed by atoms with van der Waals surface area (Å²) in [4.78, 5) is 10.2. The molecule has 2 aromatic carbocycles. The van der Waals surface area contributed by atoms with E-state index in [9.17, 15) is 0 Å². The standard InChI is InChI=1S/C21H20N4OS/c1-14-5-3-4-6-18(14)27-21-24-19-17(11-12-23-20(19)22)25(21)13-15-7-9-16(26-2)10-8-15/h3-12H,13H2,1-2H3,(H2,22,23). The predicted octanol–water partition coefficient (Wildman–Crippen LogP) is 4.53. The summed E-state index contributed by atoms with van der Waals surface area (Å²) in [6, 6.07) is 18.3. The molecule has 2 heterocycles. The number of pyridine rings is 1. The Morgan fingerprint density at radius 1 is 1.07 bits per heavy atom. The Hall–Kier alpha value is -2.99. The van der Waals surface area contributed by atoms with Gasteiger partial charge in [-0.15, -0.1) is 0 Å². The lowest BCUT2D eigenvalue weighted by molar-refractivity contribution is 0.414. The molecule has 0 fully saturated rings. The van der Waals surface area contributed by atoms with E-state index < -0.39 is 0 Å². The molecular weight excluding hydrogens is 356 g/mol. The molecule has 0 spiro atoms. The molecule has 2 N–H and O–H groups in total. The number of ether oxygens (including phenoxy) is 1. The van der Waals surface area contributed by atoms with Crippen LogP contribution in [0.1, 0.15) is 11.1 Å². The molecule has 0 saturated heterocycles. The number of hydrogen-bond donors (Lipinski definition) is 1. The summed E-state index contributed by atoms with van der Waals surface area (Å²) in [5.41, 5.74) is 10.2. The van der Waals surface area contributed by atoms with Crippen LogP contribution in [0.3, 0.4) is 0 Å². The molecule has 6 heteroatoms. The normalized spacial score (nSPS) is 11.0. The molecule has 4 aromatic rings. The zero-order valence-corrected chi connectivity index (χ0v) is 16.0. The number of fused-ring (bicyclic) bond motifs is 1. The zero-order chi connectivity index (χ0) is 18.8. The number of benzene rings is 2. The second-order valence-corrected chi connectivity index (χ2v) is 7.27. The summed E-state index contributed by atoms with van der Waals surface area (Å²) < 4.78 is 7.44. The third kappa shape index (κ3) is 3.48. The fourth-order valence-corrected chi connectivity index (χ4v) is 3.95. The van der Waals surface area contributed by atoms with Crippen molar-refractivity contribution in [2.45, 2.75) is 23.5 Å². The van der Waals surface area contributed by atoms with Crippen molar-refractivity contribution in [1.82, 2.24) is 14.5 Å². The van der Waals surface area contributed by atoms with Crippen LogP contribution in [0.15, 0.2) is 70.8 Å². The fraction of sp³-hybridized carbons (Fsp3) is 0.143. The lowest BCUT2D eigenvalue weighted by Gasteiger charge is -2.11. The Morgan fingerprint density at radius 3 is 2.59 bits per heavy atom. The van der Waals surface area contributed by atoms with E-state index >= 15 is 0 Å². The summed E-state index contributed by atoms with van der Waals surface area (Å²) in [6.07, 6.45) is 1.73. The van der Waals surface area contributed by atoms with Crippen molar-refractivity contribution in [1.29, 1.82) is 0 Å². The molecule has 0 radical (unpaired) electrons. The van der Waals surface area contributed by atoms with Gasteiger partial charge in [0.2, 0.25) is 0 Å². The van der Waals surface area contributed by atoms with E-state index in [1.54, 1.807) is 25.1 Å². The molecule has 0 aliphatic rings. The first-order chi connectivity index (χ1) is 13.2. The van der Waals surface area contributed by atoms with Gasteiger partial charge in [-0.05, 0) is 42.3 Å². The van der Waals surface area contributed by atoms with Gasteiger partial charge in [-0.25, -0.2) is 9.97 Å². The molecule has 0 bridgehead atoms. The van der Waals surface area contributed by atoms with E-state index in [-0.39, 0.29) is 0 Å². The molecule has 0 unspecified atom stereocenters. The lowest BCUT2D eigenvalue weighted by Crippen LogP contribution is -2.02. The number of nitrogens with two attached hydrogens (primary N) is 1. The number of nitrogen functional groups attached to an aromatic ring is 1. The van der Waals surface area contributed by atoms with Gasteiger partial charge in [-0.2, -0.15) is 0 Å². The van der Waals surface area contributed by atoms with E-state index in [0.29, 0.717) is 12.4 Å². The van der Waals surface area contributed by atoms with Crippen LogP contribution >= 0.6 is 11.8 Å². The molecule has 2 aromatic heterocycles. The summed E-state index contributed by atoms with van der Waals surface area (Å²) >= 11 is 1.65. The Balaban J connectivity index is 1.78. The highest BCUT2D eigenvalue weighted by molar-refractivity contribution is 7.99. The van der Waals surface area contributed by atoms with Gasteiger partial charge in [0.05, 0.1) is 19.2 Å². The number of hydrogen-bond acceptors (Lipinski definition) is 5. The summed E-state index contributed by atoms with van der Waals surface area (Å²) in [5, 5.41) is 0.898. The number of imidazole rings is 1. The topological polar surface area (TPSA) is 66.0 Å². The highest BCUT2D eigenvalue weighted by Crippen LogP contribution is 2.33. The molecule has 4 rings (SSSR count). The molecular formula is C21H20N4OS. The van der Waals surface area contributed by atoms with Gasteiger partial charge in [0, 0.05) is 11.1 Å². The van der Waals surface area contributed by atoms with Crippen LogP contribution in [0, 0.1) is 6.92 Å². The van der Waals surface area contributed by atoms with Gasteiger partial charge in [0.25, 0.3) is 0 Å². The average molecular weight is 376 g/mol. The zero-order valence-electron chi connectivity index (χ0n) is 15.2. The van der Waals surface area contributed by atoms with Crippen LogP contribution in [0.25, 0.3) is 11.0 Å². The maximum absolute atomic E-state index is 6.08. The highest BCUT2D eigenvalue weighted by atomic mass is 32.2. The maximum Gasteiger partial charge on any atom is 0.174 e. The third-order valence-corrected chi connectivity index (χ3v) is 5.63. The monoisotopic (exact) mass is 376 g/mol. The van der Waals surface area contributed by atoms with Crippen LogP contribution in [0.2, 0.25) is 0 Å². The first-order valence-corrected chi connectivity index (χ1v) is 9.44. The summed E-state index contributed by atoms with van der Waals surface area (Å²) in [5.74, 6) is 1.30. The van der Waals surface area contributed by atoms with Crippen LogP contribution in [-0.4, -0.2) is 21.6 Å². The van der Waals surface area contributed by atoms with Crippen molar-refractivity contribution in [2.75, 3.05) is 12.8 Å². The molecule has 27 heavy (non-hydrogen) atoms. The molecule has 0 aliphatic heterocycles. The first-order valence-electron chi connectivity index (χ1n) is 8.63. The van der Waals surface area contributed by atoms with Crippen LogP contribution < -0.4 is 10.5 Å². The number of anilines is 1. The first kappa shape index (κ1) is 17.4. The van der Waals surface area contributed by atoms with Crippen LogP contribution in [-0.2, 0) is 6.54 Å². The molecule has 0 saturated carbocycles. The van der Waals surface area contributed by atoms with Crippen molar-refractivity contribution >= 4 is 28.6 Å².